The van der Waals surface area contributed by atoms with Gasteiger partial charge in [0.25, 0.3) is 0 Å². The largest absolute Gasteiger partial charge is 0.385 e. The lowest BCUT2D eigenvalue weighted by atomic mass is 10.2. The number of hydrogen-bond acceptors (Lipinski definition) is 2. The first-order valence-corrected chi connectivity index (χ1v) is 3.95. The van der Waals surface area contributed by atoms with Crippen LogP contribution in [0.1, 0.15) is 13.3 Å². The monoisotopic (exact) mass is 171 g/mol. The van der Waals surface area contributed by atoms with Crippen LogP contribution < -0.4 is 0 Å². The predicted octanol–water partition coefficient (Wildman–Crippen LogP) is 0.979. The second-order valence-electron chi connectivity index (χ2n) is 2.69. The first kappa shape index (κ1) is 11.1. The van der Waals surface area contributed by atoms with Crippen LogP contribution in [0.15, 0.2) is 4.99 Å². The second kappa shape index (κ2) is 6.79. The molecule has 4 nitrogen and oxygen atoms in total. The smallest absolute Gasteiger partial charge is 0.108 e. The number of methoxy groups -OCH3 is 1. The lowest BCUT2D eigenvalue weighted by molar-refractivity contribution is 0.174. The van der Waals surface area contributed by atoms with Crippen LogP contribution in [-0.4, -0.2) is 44.4 Å². The molecule has 0 aromatic heterocycles. The van der Waals surface area contributed by atoms with E-state index in [1.165, 1.54) is 0 Å². The lowest BCUT2D eigenvalue weighted by Gasteiger charge is -2.21. The fourth-order valence-corrected chi connectivity index (χ4v) is 0.744. The van der Waals surface area contributed by atoms with E-state index in [0.29, 0.717) is 6.04 Å². The summed E-state index contributed by atoms with van der Waals surface area (Å²) in [5, 5.41) is 6.70. The van der Waals surface area contributed by atoms with Crippen LogP contribution in [-0.2, 0) is 4.74 Å². The maximum absolute atomic E-state index is 6.70. The maximum Gasteiger partial charge on any atom is 0.108 e. The molecule has 0 aliphatic carbocycles. The van der Waals surface area contributed by atoms with Gasteiger partial charge in [-0.1, -0.05) is 0 Å². The van der Waals surface area contributed by atoms with Crippen LogP contribution in [0.5, 0.6) is 0 Å². The average Bonchev–Trinajstić information content (AvgIpc) is 2.10. The van der Waals surface area contributed by atoms with Gasteiger partial charge in [0.15, 0.2) is 0 Å². The van der Waals surface area contributed by atoms with Crippen molar-refractivity contribution in [2.45, 2.75) is 19.4 Å². The molecule has 70 valence electrons. The first-order valence-electron chi connectivity index (χ1n) is 3.95. The molecule has 0 aromatic carbocycles. The summed E-state index contributed by atoms with van der Waals surface area (Å²) in [6, 6.07) is 0.397. The van der Waals surface area contributed by atoms with Crippen LogP contribution in [0.4, 0.5) is 0 Å². The minimum Gasteiger partial charge on any atom is -0.385 e. The molecule has 0 saturated heterocycles. The summed E-state index contributed by atoms with van der Waals surface area (Å²) < 4.78 is 4.95. The lowest BCUT2D eigenvalue weighted by Crippen LogP contribution is -2.28. The molecular formula is C8H17N3O. The standard InChI is InChI=1S/C8H17N3O/c1-8(4-5-12-3)11(2)7-10-6-9/h6-9H,4-5H2,1-3H3/b9-6?,10-7+. The van der Waals surface area contributed by atoms with Gasteiger partial charge in [0.05, 0.1) is 6.34 Å². The van der Waals surface area contributed by atoms with Gasteiger partial charge in [-0.15, -0.1) is 0 Å². The number of ether oxygens (including phenoxy) is 1. The van der Waals surface area contributed by atoms with Crippen molar-refractivity contribution in [2.75, 3.05) is 20.8 Å². The highest BCUT2D eigenvalue weighted by atomic mass is 16.5. The third-order valence-electron chi connectivity index (χ3n) is 1.76. The zero-order valence-corrected chi connectivity index (χ0v) is 7.95. The zero-order valence-electron chi connectivity index (χ0n) is 7.95. The molecule has 1 unspecified atom stereocenters. The average molecular weight is 171 g/mol. The molecule has 0 saturated carbocycles. The second-order valence-corrected chi connectivity index (χ2v) is 2.69. The normalized spacial score (nSPS) is 13.2. The molecular weight excluding hydrogens is 154 g/mol. The minimum absolute atomic E-state index is 0.397. The van der Waals surface area contributed by atoms with Crippen LogP contribution in [0.25, 0.3) is 0 Å². The Balaban J connectivity index is 3.67. The third kappa shape index (κ3) is 4.85. The molecule has 1 atom stereocenters. The molecule has 0 aliphatic rings. The van der Waals surface area contributed by atoms with Crippen molar-refractivity contribution >= 4 is 12.7 Å². The van der Waals surface area contributed by atoms with Crippen molar-refractivity contribution in [1.82, 2.24) is 4.90 Å². The van der Waals surface area contributed by atoms with E-state index in [1.807, 2.05) is 11.9 Å². The van der Waals surface area contributed by atoms with Gasteiger partial charge in [-0.25, -0.2) is 4.99 Å². The Morgan fingerprint density at radius 1 is 1.67 bits per heavy atom. The SMILES string of the molecule is COCCC(C)N(C)/C=N/C=N. The number of aliphatic imine (C=N–C) groups is 1. The third-order valence-corrected chi connectivity index (χ3v) is 1.76. The molecule has 0 bridgehead atoms. The predicted molar refractivity (Wildman–Crippen MR) is 51.0 cm³/mol. The zero-order chi connectivity index (χ0) is 9.40. The van der Waals surface area contributed by atoms with Crippen LogP contribution in [0, 0.1) is 5.41 Å². The summed E-state index contributed by atoms with van der Waals surface area (Å²) in [6.45, 7) is 2.85. The molecule has 0 fully saturated rings. The first-order chi connectivity index (χ1) is 5.72. The van der Waals surface area contributed by atoms with E-state index >= 15 is 0 Å². The quantitative estimate of drug-likeness (QED) is 0.478. The van der Waals surface area contributed by atoms with Gasteiger partial charge in [-0.05, 0) is 13.3 Å². The molecule has 0 radical (unpaired) electrons. The molecule has 4 heteroatoms. The van der Waals surface area contributed by atoms with Gasteiger partial charge in [-0.2, -0.15) is 0 Å². The van der Waals surface area contributed by atoms with E-state index in [2.05, 4.69) is 11.9 Å². The number of hydrogen-bond donors (Lipinski definition) is 1. The molecule has 1 N–H and O–H groups in total. The van der Waals surface area contributed by atoms with Gasteiger partial charge in [-0.3, -0.25) is 5.41 Å². The fraction of sp³-hybridized carbons (Fsp3) is 0.750. The molecule has 12 heavy (non-hydrogen) atoms. The number of nitrogens with zero attached hydrogens (tertiary/aromatic N) is 2. The molecule has 0 rings (SSSR count). The van der Waals surface area contributed by atoms with Crippen LogP contribution >= 0.6 is 0 Å². The van der Waals surface area contributed by atoms with Crippen molar-refractivity contribution in [3.63, 3.8) is 0 Å². The van der Waals surface area contributed by atoms with Crippen LogP contribution in [0.3, 0.4) is 0 Å². The van der Waals surface area contributed by atoms with Crippen molar-refractivity contribution in [2.24, 2.45) is 4.99 Å². The Bertz CT molecular complexity index is 147. The Labute approximate surface area is 73.7 Å². The summed E-state index contributed by atoms with van der Waals surface area (Å²) in [6.07, 6.45) is 3.64. The van der Waals surface area contributed by atoms with Crippen molar-refractivity contribution in [1.29, 1.82) is 5.41 Å². The van der Waals surface area contributed by atoms with Crippen molar-refractivity contribution in [3.8, 4) is 0 Å². The molecule has 0 amide bonds. The van der Waals surface area contributed by atoms with Gasteiger partial charge in [0.2, 0.25) is 0 Å². The summed E-state index contributed by atoms with van der Waals surface area (Å²) in [5.41, 5.74) is 0. The molecule has 0 aliphatic heterocycles. The topological polar surface area (TPSA) is 48.7 Å². The van der Waals surface area contributed by atoms with E-state index in [4.69, 9.17) is 10.1 Å². The van der Waals surface area contributed by atoms with E-state index in [9.17, 15) is 0 Å². The van der Waals surface area contributed by atoms with Gasteiger partial charge in [0, 0.05) is 26.8 Å². The highest BCUT2D eigenvalue weighted by Gasteiger charge is 2.03. The van der Waals surface area contributed by atoms with Gasteiger partial charge in [0.1, 0.15) is 6.34 Å². The maximum atomic E-state index is 6.70. The Kier molecular flexibility index (Phi) is 6.28. The van der Waals surface area contributed by atoms with E-state index < -0.39 is 0 Å². The van der Waals surface area contributed by atoms with Gasteiger partial charge < -0.3 is 9.64 Å². The van der Waals surface area contributed by atoms with Crippen molar-refractivity contribution in [3.05, 3.63) is 0 Å². The Morgan fingerprint density at radius 2 is 2.33 bits per heavy atom. The molecule has 0 heterocycles. The van der Waals surface area contributed by atoms with Gasteiger partial charge >= 0.3 is 0 Å². The Hall–Kier alpha value is -0.900. The fourth-order valence-electron chi connectivity index (χ4n) is 0.744. The Morgan fingerprint density at radius 3 is 2.83 bits per heavy atom. The number of rotatable bonds is 6. The highest BCUT2D eigenvalue weighted by molar-refractivity contribution is 5.69. The van der Waals surface area contributed by atoms with E-state index in [-0.39, 0.29) is 0 Å². The number of nitrogens with one attached hydrogen (secondary N) is 1. The van der Waals surface area contributed by atoms with Crippen molar-refractivity contribution < 1.29 is 4.74 Å². The summed E-state index contributed by atoms with van der Waals surface area (Å²) in [5.74, 6) is 0. The molecule has 0 spiro atoms. The minimum atomic E-state index is 0.397. The summed E-state index contributed by atoms with van der Waals surface area (Å²) >= 11 is 0. The van der Waals surface area contributed by atoms with E-state index in [0.717, 1.165) is 19.4 Å². The summed E-state index contributed by atoms with van der Waals surface area (Å²) in [7, 11) is 3.63. The highest BCUT2D eigenvalue weighted by Crippen LogP contribution is 1.97. The molecule has 0 aromatic rings. The van der Waals surface area contributed by atoms with E-state index in [1.54, 1.807) is 13.4 Å². The van der Waals surface area contributed by atoms with Crippen LogP contribution in [0.2, 0.25) is 0 Å². The summed E-state index contributed by atoms with van der Waals surface area (Å²) in [4.78, 5) is 5.67.